The van der Waals surface area contributed by atoms with Crippen molar-refractivity contribution in [2.45, 2.75) is 71.1 Å². The minimum atomic E-state index is 0.382. The van der Waals surface area contributed by atoms with Gasteiger partial charge in [0, 0.05) is 12.3 Å². The van der Waals surface area contributed by atoms with Gasteiger partial charge < -0.3 is 0 Å². The van der Waals surface area contributed by atoms with Gasteiger partial charge in [-0.25, -0.2) is 0 Å². The van der Waals surface area contributed by atoms with E-state index in [0.717, 1.165) is 32.1 Å². The molecular weight excluding hydrogens is 196 g/mol. The quantitative estimate of drug-likeness (QED) is 0.572. The van der Waals surface area contributed by atoms with Crippen molar-refractivity contribution in [1.29, 1.82) is 0 Å². The second-order valence-corrected chi connectivity index (χ2v) is 5.15. The standard InChI is InChI=1S/C15H26O/c1-3-4-8-13(2)11-12-15(16)14-9-6-5-7-10-14/h14H,2-12H2,1H3. The molecule has 0 aromatic heterocycles. The third kappa shape index (κ3) is 4.96. The second kappa shape index (κ2) is 7.65. The first-order valence-corrected chi connectivity index (χ1v) is 6.93. The first-order chi connectivity index (χ1) is 7.74. The van der Waals surface area contributed by atoms with E-state index in [-0.39, 0.29) is 0 Å². The average Bonchev–Trinajstić information content (AvgIpc) is 2.34. The number of carbonyl (C=O) groups is 1. The van der Waals surface area contributed by atoms with E-state index in [2.05, 4.69) is 13.5 Å². The Balaban J connectivity index is 2.15. The van der Waals surface area contributed by atoms with Crippen LogP contribution >= 0.6 is 0 Å². The summed E-state index contributed by atoms with van der Waals surface area (Å²) in [5.74, 6) is 0.880. The predicted octanol–water partition coefficient (Wildman–Crippen LogP) is 4.66. The van der Waals surface area contributed by atoms with Crippen molar-refractivity contribution < 1.29 is 4.79 Å². The summed E-state index contributed by atoms with van der Waals surface area (Å²) in [5, 5.41) is 0. The number of allylic oxidation sites excluding steroid dienone is 1. The number of hydrogen-bond acceptors (Lipinski definition) is 1. The first kappa shape index (κ1) is 13.5. The lowest BCUT2D eigenvalue weighted by Gasteiger charge is -2.20. The molecule has 0 N–H and O–H groups in total. The molecule has 1 saturated carbocycles. The molecule has 16 heavy (non-hydrogen) atoms. The van der Waals surface area contributed by atoms with E-state index in [1.807, 2.05) is 0 Å². The Kier molecular flexibility index (Phi) is 6.44. The number of unbranched alkanes of at least 4 members (excludes halogenated alkanes) is 1. The van der Waals surface area contributed by atoms with E-state index >= 15 is 0 Å². The van der Waals surface area contributed by atoms with Gasteiger partial charge in [-0.3, -0.25) is 4.79 Å². The molecular formula is C15H26O. The number of rotatable bonds is 7. The lowest BCUT2D eigenvalue weighted by molar-refractivity contribution is -0.123. The molecule has 0 aromatic carbocycles. The lowest BCUT2D eigenvalue weighted by Crippen LogP contribution is -2.17. The average molecular weight is 222 g/mol. The molecule has 1 rings (SSSR count). The molecule has 1 fully saturated rings. The summed E-state index contributed by atoms with van der Waals surface area (Å²) in [6, 6.07) is 0. The fraction of sp³-hybridized carbons (Fsp3) is 0.800. The zero-order chi connectivity index (χ0) is 11.8. The molecule has 0 amide bonds. The highest BCUT2D eigenvalue weighted by Crippen LogP contribution is 2.26. The minimum Gasteiger partial charge on any atom is -0.299 e. The Bertz CT molecular complexity index is 224. The van der Waals surface area contributed by atoms with Crippen LogP contribution in [-0.4, -0.2) is 5.78 Å². The van der Waals surface area contributed by atoms with Gasteiger partial charge in [-0.2, -0.15) is 0 Å². The molecule has 1 aliphatic carbocycles. The van der Waals surface area contributed by atoms with Crippen LogP contribution in [0.4, 0.5) is 0 Å². The Morgan fingerprint density at radius 1 is 1.12 bits per heavy atom. The molecule has 1 nitrogen and oxygen atoms in total. The fourth-order valence-electron chi connectivity index (χ4n) is 2.48. The van der Waals surface area contributed by atoms with E-state index in [1.165, 1.54) is 37.7 Å². The van der Waals surface area contributed by atoms with Crippen molar-refractivity contribution in [2.75, 3.05) is 0 Å². The summed E-state index contributed by atoms with van der Waals surface area (Å²) in [6.45, 7) is 6.25. The van der Waals surface area contributed by atoms with Crippen LogP contribution in [0.15, 0.2) is 12.2 Å². The number of hydrogen-bond donors (Lipinski definition) is 0. The maximum Gasteiger partial charge on any atom is 0.136 e. The van der Waals surface area contributed by atoms with E-state index < -0.39 is 0 Å². The fourth-order valence-corrected chi connectivity index (χ4v) is 2.48. The second-order valence-electron chi connectivity index (χ2n) is 5.15. The summed E-state index contributed by atoms with van der Waals surface area (Å²) in [5.41, 5.74) is 1.27. The van der Waals surface area contributed by atoms with Gasteiger partial charge in [0.05, 0.1) is 0 Å². The van der Waals surface area contributed by atoms with Gasteiger partial charge in [0.1, 0.15) is 5.78 Å². The first-order valence-electron chi connectivity index (χ1n) is 6.93. The molecule has 0 aromatic rings. The minimum absolute atomic E-state index is 0.382. The van der Waals surface area contributed by atoms with Crippen molar-refractivity contribution in [1.82, 2.24) is 0 Å². The van der Waals surface area contributed by atoms with Crippen LogP contribution in [-0.2, 0) is 4.79 Å². The van der Waals surface area contributed by atoms with Crippen molar-refractivity contribution in [3.8, 4) is 0 Å². The van der Waals surface area contributed by atoms with Crippen molar-refractivity contribution in [3.63, 3.8) is 0 Å². The molecule has 0 unspecified atom stereocenters. The lowest BCUT2D eigenvalue weighted by atomic mass is 9.84. The molecule has 0 saturated heterocycles. The van der Waals surface area contributed by atoms with Crippen LogP contribution < -0.4 is 0 Å². The number of ketones is 1. The Morgan fingerprint density at radius 3 is 2.44 bits per heavy atom. The highest BCUT2D eigenvalue weighted by atomic mass is 16.1. The summed E-state index contributed by atoms with van der Waals surface area (Å²) < 4.78 is 0. The van der Waals surface area contributed by atoms with Gasteiger partial charge >= 0.3 is 0 Å². The van der Waals surface area contributed by atoms with Crippen LogP contribution in [0.5, 0.6) is 0 Å². The van der Waals surface area contributed by atoms with Crippen LogP contribution in [0.2, 0.25) is 0 Å². The third-order valence-electron chi connectivity index (χ3n) is 3.67. The van der Waals surface area contributed by atoms with Gasteiger partial charge in [-0.1, -0.05) is 44.8 Å². The van der Waals surface area contributed by atoms with Gasteiger partial charge in [0.25, 0.3) is 0 Å². The van der Waals surface area contributed by atoms with E-state index in [0.29, 0.717) is 11.7 Å². The Hall–Kier alpha value is -0.590. The molecule has 0 aliphatic heterocycles. The summed E-state index contributed by atoms with van der Waals surface area (Å²) >= 11 is 0. The van der Waals surface area contributed by atoms with Gasteiger partial charge in [-0.15, -0.1) is 0 Å². The summed E-state index contributed by atoms with van der Waals surface area (Å²) in [7, 11) is 0. The topological polar surface area (TPSA) is 17.1 Å². The highest BCUT2D eigenvalue weighted by molar-refractivity contribution is 5.81. The summed E-state index contributed by atoms with van der Waals surface area (Å²) in [4.78, 5) is 11.9. The highest BCUT2D eigenvalue weighted by Gasteiger charge is 2.20. The van der Waals surface area contributed by atoms with Crippen LogP contribution in [0.1, 0.15) is 71.1 Å². The van der Waals surface area contributed by atoms with Crippen LogP contribution in [0.3, 0.4) is 0 Å². The van der Waals surface area contributed by atoms with E-state index in [1.54, 1.807) is 0 Å². The van der Waals surface area contributed by atoms with Crippen LogP contribution in [0, 0.1) is 5.92 Å². The molecule has 1 aliphatic rings. The molecule has 0 heterocycles. The monoisotopic (exact) mass is 222 g/mol. The third-order valence-corrected chi connectivity index (χ3v) is 3.67. The molecule has 92 valence electrons. The molecule has 0 atom stereocenters. The van der Waals surface area contributed by atoms with Crippen molar-refractivity contribution in [2.24, 2.45) is 5.92 Å². The largest absolute Gasteiger partial charge is 0.299 e. The number of carbonyl (C=O) groups excluding carboxylic acids is 1. The Morgan fingerprint density at radius 2 is 1.81 bits per heavy atom. The maximum absolute atomic E-state index is 11.9. The zero-order valence-electron chi connectivity index (χ0n) is 10.8. The number of Topliss-reactive ketones (excluding diaryl/α,β-unsaturated/α-hetero) is 1. The van der Waals surface area contributed by atoms with Gasteiger partial charge in [0.2, 0.25) is 0 Å². The van der Waals surface area contributed by atoms with Crippen molar-refractivity contribution >= 4 is 5.78 Å². The van der Waals surface area contributed by atoms with E-state index in [4.69, 9.17) is 0 Å². The molecule has 0 radical (unpaired) electrons. The van der Waals surface area contributed by atoms with E-state index in [9.17, 15) is 4.79 Å². The van der Waals surface area contributed by atoms with Crippen LogP contribution in [0.25, 0.3) is 0 Å². The predicted molar refractivity (Wildman–Crippen MR) is 69.5 cm³/mol. The molecule has 1 heteroatoms. The summed E-state index contributed by atoms with van der Waals surface area (Å²) in [6.07, 6.45) is 11.3. The van der Waals surface area contributed by atoms with Gasteiger partial charge in [-0.05, 0) is 32.1 Å². The SMILES string of the molecule is C=C(CCCC)CCC(=O)C1CCCCC1. The zero-order valence-corrected chi connectivity index (χ0v) is 10.8. The van der Waals surface area contributed by atoms with Gasteiger partial charge in [0.15, 0.2) is 0 Å². The van der Waals surface area contributed by atoms with Crippen molar-refractivity contribution in [3.05, 3.63) is 12.2 Å². The molecule has 0 spiro atoms. The maximum atomic E-state index is 11.9. The smallest absolute Gasteiger partial charge is 0.136 e. The normalized spacial score (nSPS) is 17.3. The molecule has 0 bridgehead atoms. The Labute approximate surface area is 100 Å².